The highest BCUT2D eigenvalue weighted by atomic mass is 32.2. The van der Waals surface area contributed by atoms with E-state index >= 15 is 0 Å². The number of hydrogen-bond acceptors (Lipinski definition) is 5. The van der Waals surface area contributed by atoms with E-state index in [-0.39, 0.29) is 11.4 Å². The van der Waals surface area contributed by atoms with Crippen LogP contribution in [-0.4, -0.2) is 34.1 Å². The Morgan fingerprint density at radius 1 is 0.879 bits per heavy atom. The number of benzene rings is 3. The van der Waals surface area contributed by atoms with Gasteiger partial charge in [0.25, 0.3) is 10.0 Å². The van der Waals surface area contributed by atoms with E-state index in [4.69, 9.17) is 9.47 Å². The number of aryl methyl sites for hydroxylation is 3. The summed E-state index contributed by atoms with van der Waals surface area (Å²) in [4.78, 5) is 13.1. The summed E-state index contributed by atoms with van der Waals surface area (Å²) in [6, 6.07) is 17.0. The number of sulfonamides is 1. The van der Waals surface area contributed by atoms with Crippen LogP contribution < -0.4 is 19.1 Å². The summed E-state index contributed by atoms with van der Waals surface area (Å²) in [5.74, 6) is 0.677. The van der Waals surface area contributed by atoms with Crippen molar-refractivity contribution >= 4 is 27.3 Å². The second-order valence-corrected chi connectivity index (χ2v) is 9.86. The van der Waals surface area contributed by atoms with Gasteiger partial charge in [-0.15, -0.1) is 0 Å². The fourth-order valence-electron chi connectivity index (χ4n) is 3.49. The van der Waals surface area contributed by atoms with Crippen molar-refractivity contribution in [3.05, 3.63) is 77.4 Å². The number of amides is 1. The normalized spacial score (nSPS) is 12.8. The van der Waals surface area contributed by atoms with Crippen LogP contribution in [0.4, 0.5) is 11.4 Å². The monoisotopic (exact) mass is 466 g/mol. The minimum absolute atomic E-state index is 0.124. The Balaban J connectivity index is 1.64. The summed E-state index contributed by atoms with van der Waals surface area (Å²) in [5.41, 5.74) is 3.84. The topological polar surface area (TPSA) is 84.9 Å². The third kappa shape index (κ3) is 4.96. The molecular weight excluding hydrogens is 440 g/mol. The van der Waals surface area contributed by atoms with Gasteiger partial charge in [-0.1, -0.05) is 23.8 Å². The summed E-state index contributed by atoms with van der Waals surface area (Å²) in [5, 5.41) is 2.77. The third-order valence-electron chi connectivity index (χ3n) is 5.50. The number of ether oxygens (including phenoxy) is 2. The number of carbonyl (C=O) groups is 1. The first-order valence-corrected chi connectivity index (χ1v) is 12.0. The Morgan fingerprint density at radius 3 is 2.27 bits per heavy atom. The lowest BCUT2D eigenvalue weighted by molar-refractivity contribution is -0.114. The van der Waals surface area contributed by atoms with Crippen LogP contribution in [0.3, 0.4) is 0 Å². The fourth-order valence-corrected chi connectivity index (χ4v) is 4.90. The van der Waals surface area contributed by atoms with E-state index in [1.165, 1.54) is 0 Å². The van der Waals surface area contributed by atoms with E-state index in [1.54, 1.807) is 54.6 Å². The molecule has 3 aromatic rings. The lowest BCUT2D eigenvalue weighted by atomic mass is 10.1. The standard InChI is InChI=1S/C25H26N2O5S/c1-17-4-9-22(10-5-17)33(29,30)27(21-8-6-18(2)19(3)14-21)16-25(28)26-20-7-11-23-24(15-20)32-13-12-31-23/h4-11,14-15H,12-13,16H2,1-3H3,(H,26,28). The molecular formula is C25H26N2O5S. The van der Waals surface area contributed by atoms with Gasteiger partial charge in [0.1, 0.15) is 19.8 Å². The Morgan fingerprint density at radius 2 is 1.58 bits per heavy atom. The van der Waals surface area contributed by atoms with E-state index < -0.39 is 15.9 Å². The number of anilines is 2. The quantitative estimate of drug-likeness (QED) is 0.588. The number of rotatable bonds is 6. The molecule has 4 rings (SSSR count). The molecule has 0 saturated heterocycles. The number of nitrogens with zero attached hydrogens (tertiary/aromatic N) is 1. The summed E-state index contributed by atoms with van der Waals surface area (Å²) in [6.07, 6.45) is 0. The second-order valence-electron chi connectivity index (χ2n) is 8.00. The Bertz CT molecular complexity index is 1290. The molecule has 172 valence electrons. The number of carbonyl (C=O) groups excluding carboxylic acids is 1. The molecule has 1 amide bonds. The number of fused-ring (bicyclic) bond motifs is 1. The molecule has 3 aromatic carbocycles. The number of nitrogens with one attached hydrogen (secondary N) is 1. The van der Waals surface area contributed by atoms with Gasteiger partial charge in [0.05, 0.1) is 10.6 Å². The van der Waals surface area contributed by atoms with Crippen LogP contribution in [0.5, 0.6) is 11.5 Å². The molecule has 1 aliphatic heterocycles. The van der Waals surface area contributed by atoms with Gasteiger partial charge in [0, 0.05) is 11.8 Å². The largest absolute Gasteiger partial charge is 0.486 e. The lowest BCUT2D eigenvalue weighted by Crippen LogP contribution is -2.38. The molecule has 0 fully saturated rings. The highest BCUT2D eigenvalue weighted by Gasteiger charge is 2.27. The molecule has 1 aliphatic rings. The summed E-state index contributed by atoms with van der Waals surface area (Å²) >= 11 is 0. The third-order valence-corrected chi connectivity index (χ3v) is 7.29. The van der Waals surface area contributed by atoms with Crippen LogP contribution in [0.15, 0.2) is 65.6 Å². The van der Waals surface area contributed by atoms with Gasteiger partial charge in [0.15, 0.2) is 11.5 Å². The first kappa shape index (κ1) is 22.7. The predicted molar refractivity (Wildman–Crippen MR) is 128 cm³/mol. The minimum atomic E-state index is -3.97. The summed E-state index contributed by atoms with van der Waals surface area (Å²) in [7, 11) is -3.97. The molecule has 8 heteroatoms. The van der Waals surface area contributed by atoms with E-state index in [2.05, 4.69) is 5.32 Å². The minimum Gasteiger partial charge on any atom is -0.486 e. The zero-order valence-electron chi connectivity index (χ0n) is 18.8. The van der Waals surface area contributed by atoms with Gasteiger partial charge in [-0.2, -0.15) is 0 Å². The second kappa shape index (κ2) is 9.15. The van der Waals surface area contributed by atoms with Crippen LogP contribution in [0, 0.1) is 20.8 Å². The molecule has 0 unspecified atom stereocenters. The van der Waals surface area contributed by atoms with Gasteiger partial charge in [-0.05, 0) is 68.3 Å². The molecule has 0 saturated carbocycles. The highest BCUT2D eigenvalue weighted by Crippen LogP contribution is 2.33. The van der Waals surface area contributed by atoms with E-state index in [9.17, 15) is 13.2 Å². The van der Waals surface area contributed by atoms with E-state index in [1.807, 2.05) is 26.8 Å². The van der Waals surface area contributed by atoms with Gasteiger partial charge in [-0.25, -0.2) is 8.42 Å². The van der Waals surface area contributed by atoms with Crippen molar-refractivity contribution in [2.24, 2.45) is 0 Å². The lowest BCUT2D eigenvalue weighted by Gasteiger charge is -2.25. The first-order valence-electron chi connectivity index (χ1n) is 10.6. The molecule has 0 bridgehead atoms. The zero-order chi connectivity index (χ0) is 23.6. The molecule has 0 spiro atoms. The zero-order valence-corrected chi connectivity index (χ0v) is 19.6. The molecule has 1 heterocycles. The molecule has 0 atom stereocenters. The number of hydrogen-bond donors (Lipinski definition) is 1. The predicted octanol–water partition coefficient (Wildman–Crippen LogP) is 4.22. The van der Waals surface area contributed by atoms with Crippen LogP contribution in [0.25, 0.3) is 0 Å². The van der Waals surface area contributed by atoms with Gasteiger partial charge in [0.2, 0.25) is 5.91 Å². The van der Waals surface area contributed by atoms with Crippen LogP contribution in [0.2, 0.25) is 0 Å². The average molecular weight is 467 g/mol. The smallest absolute Gasteiger partial charge is 0.264 e. The van der Waals surface area contributed by atoms with Gasteiger partial charge in [-0.3, -0.25) is 9.10 Å². The maximum atomic E-state index is 13.5. The van der Waals surface area contributed by atoms with Crippen LogP contribution >= 0.6 is 0 Å². The van der Waals surface area contributed by atoms with Crippen molar-refractivity contribution in [2.75, 3.05) is 29.4 Å². The van der Waals surface area contributed by atoms with Crippen molar-refractivity contribution < 1.29 is 22.7 Å². The fraction of sp³-hybridized carbons (Fsp3) is 0.240. The molecule has 0 radical (unpaired) electrons. The van der Waals surface area contributed by atoms with Crippen molar-refractivity contribution in [3.8, 4) is 11.5 Å². The van der Waals surface area contributed by atoms with Crippen molar-refractivity contribution in [1.82, 2.24) is 0 Å². The van der Waals surface area contributed by atoms with Gasteiger partial charge < -0.3 is 14.8 Å². The highest BCUT2D eigenvalue weighted by molar-refractivity contribution is 7.92. The average Bonchev–Trinajstić information content (AvgIpc) is 2.79. The molecule has 0 aromatic heterocycles. The van der Waals surface area contributed by atoms with Crippen molar-refractivity contribution in [2.45, 2.75) is 25.7 Å². The Hall–Kier alpha value is -3.52. The van der Waals surface area contributed by atoms with Gasteiger partial charge >= 0.3 is 0 Å². The van der Waals surface area contributed by atoms with Crippen molar-refractivity contribution in [1.29, 1.82) is 0 Å². The maximum Gasteiger partial charge on any atom is 0.264 e. The summed E-state index contributed by atoms with van der Waals surface area (Å²) < 4.78 is 39.3. The molecule has 0 aliphatic carbocycles. The Labute approximate surface area is 194 Å². The molecule has 1 N–H and O–H groups in total. The van der Waals surface area contributed by atoms with Crippen molar-refractivity contribution in [3.63, 3.8) is 0 Å². The Kier molecular flexibility index (Phi) is 6.29. The van der Waals surface area contributed by atoms with E-state index in [0.29, 0.717) is 36.1 Å². The van der Waals surface area contributed by atoms with E-state index in [0.717, 1.165) is 21.0 Å². The SMILES string of the molecule is Cc1ccc(S(=O)(=O)N(CC(=O)Nc2ccc3c(c2)OCCO3)c2ccc(C)c(C)c2)cc1. The van der Waals surface area contributed by atoms with Crippen LogP contribution in [0.1, 0.15) is 16.7 Å². The maximum absolute atomic E-state index is 13.5. The molecule has 33 heavy (non-hydrogen) atoms. The summed E-state index contributed by atoms with van der Waals surface area (Å²) in [6.45, 7) is 6.27. The van der Waals surface area contributed by atoms with Crippen LogP contribution in [-0.2, 0) is 14.8 Å². The molecule has 7 nitrogen and oxygen atoms in total. The first-order chi connectivity index (χ1) is 15.7.